The molecule has 1 aromatic carbocycles. The number of halogens is 1. The molecule has 0 saturated heterocycles. The summed E-state index contributed by atoms with van der Waals surface area (Å²) >= 11 is 5.35. The van der Waals surface area contributed by atoms with Crippen molar-refractivity contribution in [3.63, 3.8) is 0 Å². The highest BCUT2D eigenvalue weighted by Crippen LogP contribution is 2.31. The Morgan fingerprint density at radius 1 is 1.21 bits per heavy atom. The zero-order valence-corrected chi connectivity index (χ0v) is 14.0. The molecule has 2 rings (SSSR count). The summed E-state index contributed by atoms with van der Waals surface area (Å²) in [6.45, 7) is 6.50. The molecule has 0 fully saturated rings. The maximum Gasteiger partial charge on any atom is 0.122 e. The van der Waals surface area contributed by atoms with Gasteiger partial charge in [0.15, 0.2) is 0 Å². The monoisotopic (exact) mass is 339 g/mol. The molecule has 0 radical (unpaired) electrons. The molecule has 0 aliphatic carbocycles. The summed E-state index contributed by atoms with van der Waals surface area (Å²) in [5, 5.41) is 3.52. The quantitative estimate of drug-likeness (QED) is 0.814. The van der Waals surface area contributed by atoms with Crippen LogP contribution in [0.1, 0.15) is 28.3 Å². The minimum absolute atomic E-state index is 0.281. The number of thiophene rings is 1. The Labute approximate surface area is 126 Å². The van der Waals surface area contributed by atoms with Crippen molar-refractivity contribution in [2.24, 2.45) is 0 Å². The molecule has 1 atom stereocenters. The second-order valence-corrected chi connectivity index (χ2v) is 6.99. The van der Waals surface area contributed by atoms with Crippen LogP contribution in [0.4, 0.5) is 5.69 Å². The molecule has 1 aromatic heterocycles. The lowest BCUT2D eigenvalue weighted by atomic mass is 10.1. The predicted octanol–water partition coefficient (Wildman–Crippen LogP) is 5.31. The van der Waals surface area contributed by atoms with Crippen LogP contribution in [0, 0.1) is 13.8 Å². The van der Waals surface area contributed by atoms with Crippen LogP contribution in [0.5, 0.6) is 5.75 Å². The highest BCUT2D eigenvalue weighted by atomic mass is 79.9. The second-order valence-electron chi connectivity index (χ2n) is 4.61. The molecular formula is C15H18BrNOS. The lowest BCUT2D eigenvalue weighted by Crippen LogP contribution is -2.06. The molecule has 0 bridgehead atoms. The first-order valence-corrected chi connectivity index (χ1v) is 7.78. The van der Waals surface area contributed by atoms with E-state index in [1.165, 1.54) is 15.3 Å². The third kappa shape index (κ3) is 3.51. The summed E-state index contributed by atoms with van der Waals surface area (Å²) in [4.78, 5) is 2.73. The van der Waals surface area contributed by atoms with Gasteiger partial charge in [-0.1, -0.05) is 15.9 Å². The molecule has 0 saturated carbocycles. The number of rotatable bonds is 4. The van der Waals surface area contributed by atoms with Crippen molar-refractivity contribution in [3.05, 3.63) is 44.1 Å². The maximum atomic E-state index is 5.28. The Bertz CT molecular complexity index is 580. The van der Waals surface area contributed by atoms with Gasteiger partial charge in [0.1, 0.15) is 5.75 Å². The smallest absolute Gasteiger partial charge is 0.122 e. The van der Waals surface area contributed by atoms with E-state index in [0.717, 1.165) is 15.9 Å². The number of benzene rings is 1. The highest BCUT2D eigenvalue weighted by molar-refractivity contribution is 9.10. The average Bonchev–Trinajstić information content (AvgIpc) is 2.67. The molecule has 1 unspecified atom stereocenters. The standard InChI is InChI=1S/C15H18BrNOS/c1-9-5-15(11(3)19-9)10(2)17-13-6-12(16)7-14(8-13)18-4/h5-8,10,17H,1-4H3. The topological polar surface area (TPSA) is 21.3 Å². The number of hydrogen-bond donors (Lipinski definition) is 1. The molecule has 0 amide bonds. The summed E-state index contributed by atoms with van der Waals surface area (Å²) in [6, 6.07) is 8.57. The van der Waals surface area contributed by atoms with Crippen LogP contribution in [0.2, 0.25) is 0 Å². The van der Waals surface area contributed by atoms with Gasteiger partial charge < -0.3 is 10.1 Å². The number of ether oxygens (including phenoxy) is 1. The number of nitrogens with one attached hydrogen (secondary N) is 1. The van der Waals surface area contributed by atoms with E-state index in [0.29, 0.717) is 0 Å². The third-order valence-electron chi connectivity index (χ3n) is 3.04. The van der Waals surface area contributed by atoms with Crippen LogP contribution in [0.15, 0.2) is 28.7 Å². The Kier molecular flexibility index (Phi) is 4.53. The van der Waals surface area contributed by atoms with Gasteiger partial charge in [-0.25, -0.2) is 0 Å². The fraction of sp³-hybridized carbons (Fsp3) is 0.333. The molecule has 2 aromatic rings. The van der Waals surface area contributed by atoms with Crippen molar-refractivity contribution >= 4 is 33.0 Å². The first kappa shape index (κ1) is 14.4. The van der Waals surface area contributed by atoms with Gasteiger partial charge >= 0.3 is 0 Å². The van der Waals surface area contributed by atoms with Gasteiger partial charge in [-0.05, 0) is 44.5 Å². The molecule has 4 heteroatoms. The van der Waals surface area contributed by atoms with E-state index in [1.807, 2.05) is 23.5 Å². The number of hydrogen-bond acceptors (Lipinski definition) is 3. The van der Waals surface area contributed by atoms with Gasteiger partial charge in [0.2, 0.25) is 0 Å². The fourth-order valence-electron chi connectivity index (χ4n) is 2.17. The van der Waals surface area contributed by atoms with Gasteiger partial charge in [0.05, 0.1) is 7.11 Å². The van der Waals surface area contributed by atoms with E-state index in [4.69, 9.17) is 4.74 Å². The number of aryl methyl sites for hydroxylation is 2. The highest BCUT2D eigenvalue weighted by Gasteiger charge is 2.11. The molecule has 1 N–H and O–H groups in total. The molecule has 102 valence electrons. The zero-order valence-electron chi connectivity index (χ0n) is 11.6. The maximum absolute atomic E-state index is 5.28. The van der Waals surface area contributed by atoms with Gasteiger partial charge in [0.25, 0.3) is 0 Å². The molecule has 0 aliphatic heterocycles. The minimum Gasteiger partial charge on any atom is -0.497 e. The molecule has 2 nitrogen and oxygen atoms in total. The van der Waals surface area contributed by atoms with Gasteiger partial charge in [-0.15, -0.1) is 11.3 Å². The van der Waals surface area contributed by atoms with E-state index < -0.39 is 0 Å². The van der Waals surface area contributed by atoms with Crippen molar-refractivity contribution in [1.82, 2.24) is 0 Å². The van der Waals surface area contributed by atoms with Gasteiger partial charge in [0, 0.05) is 32.0 Å². The largest absolute Gasteiger partial charge is 0.497 e. The van der Waals surface area contributed by atoms with Crippen LogP contribution in [-0.2, 0) is 0 Å². The number of methoxy groups -OCH3 is 1. The zero-order chi connectivity index (χ0) is 14.0. The molecule has 1 heterocycles. The van der Waals surface area contributed by atoms with E-state index >= 15 is 0 Å². The summed E-state index contributed by atoms with van der Waals surface area (Å²) < 4.78 is 6.30. The average molecular weight is 340 g/mol. The van der Waals surface area contributed by atoms with Crippen LogP contribution in [0.25, 0.3) is 0 Å². The van der Waals surface area contributed by atoms with Crippen molar-refractivity contribution in [2.75, 3.05) is 12.4 Å². The van der Waals surface area contributed by atoms with E-state index in [9.17, 15) is 0 Å². The van der Waals surface area contributed by atoms with Gasteiger partial charge in [-0.3, -0.25) is 0 Å². The van der Waals surface area contributed by atoms with Crippen molar-refractivity contribution in [3.8, 4) is 5.75 Å². The SMILES string of the molecule is COc1cc(Br)cc(NC(C)c2cc(C)sc2C)c1. The van der Waals surface area contributed by atoms with E-state index in [1.54, 1.807) is 7.11 Å². The molecular weight excluding hydrogens is 322 g/mol. The van der Waals surface area contributed by atoms with Crippen LogP contribution in [-0.4, -0.2) is 7.11 Å². The van der Waals surface area contributed by atoms with Crippen molar-refractivity contribution in [2.45, 2.75) is 26.8 Å². The first-order valence-electron chi connectivity index (χ1n) is 6.17. The van der Waals surface area contributed by atoms with Gasteiger partial charge in [-0.2, -0.15) is 0 Å². The summed E-state index contributed by atoms with van der Waals surface area (Å²) in [5.74, 6) is 0.849. The van der Waals surface area contributed by atoms with E-state index in [2.05, 4.69) is 54.2 Å². The summed E-state index contributed by atoms with van der Waals surface area (Å²) in [7, 11) is 1.68. The second kappa shape index (κ2) is 5.97. The Hall–Kier alpha value is -1.00. The molecule has 19 heavy (non-hydrogen) atoms. The summed E-state index contributed by atoms with van der Waals surface area (Å²) in [6.07, 6.45) is 0. The van der Waals surface area contributed by atoms with Crippen LogP contribution in [0.3, 0.4) is 0 Å². The predicted molar refractivity (Wildman–Crippen MR) is 86.5 cm³/mol. The molecule has 0 aliphatic rings. The third-order valence-corrected chi connectivity index (χ3v) is 4.48. The van der Waals surface area contributed by atoms with Crippen LogP contribution >= 0.6 is 27.3 Å². The minimum atomic E-state index is 0.281. The van der Waals surface area contributed by atoms with Crippen LogP contribution < -0.4 is 10.1 Å². The van der Waals surface area contributed by atoms with E-state index in [-0.39, 0.29) is 6.04 Å². The molecule has 0 spiro atoms. The number of anilines is 1. The Morgan fingerprint density at radius 2 is 1.95 bits per heavy atom. The Morgan fingerprint density at radius 3 is 2.53 bits per heavy atom. The lowest BCUT2D eigenvalue weighted by molar-refractivity contribution is 0.414. The normalized spacial score (nSPS) is 12.3. The van der Waals surface area contributed by atoms with Crippen molar-refractivity contribution in [1.29, 1.82) is 0 Å². The Balaban J connectivity index is 2.21. The first-order chi connectivity index (χ1) is 8.99. The van der Waals surface area contributed by atoms with Crippen molar-refractivity contribution < 1.29 is 4.74 Å². The summed E-state index contributed by atoms with van der Waals surface area (Å²) in [5.41, 5.74) is 2.42. The lowest BCUT2D eigenvalue weighted by Gasteiger charge is -2.16. The fourth-order valence-corrected chi connectivity index (χ4v) is 3.67.